The molecular formula is C12H19N3O3. The van der Waals surface area contributed by atoms with Gasteiger partial charge in [-0.05, 0) is 13.3 Å². The van der Waals surface area contributed by atoms with Crippen molar-refractivity contribution in [1.29, 1.82) is 0 Å². The van der Waals surface area contributed by atoms with Crippen molar-refractivity contribution < 1.29 is 14.3 Å². The topological polar surface area (TPSA) is 56.6 Å². The van der Waals surface area contributed by atoms with Crippen molar-refractivity contribution in [3.05, 3.63) is 12.0 Å². The fraction of sp³-hybridized carbons (Fsp3) is 0.667. The van der Waals surface area contributed by atoms with Gasteiger partial charge in [0.15, 0.2) is 5.69 Å². The maximum absolute atomic E-state index is 11.8. The molecule has 0 aromatic carbocycles. The van der Waals surface area contributed by atoms with E-state index in [1.807, 2.05) is 4.57 Å². The van der Waals surface area contributed by atoms with Gasteiger partial charge in [-0.3, -0.25) is 0 Å². The van der Waals surface area contributed by atoms with Crippen LogP contribution in [0.1, 0.15) is 23.8 Å². The largest absolute Gasteiger partial charge is 0.461 e. The molecule has 100 valence electrons. The van der Waals surface area contributed by atoms with E-state index in [1.54, 1.807) is 20.4 Å². The van der Waals surface area contributed by atoms with Crippen LogP contribution < -0.4 is 4.90 Å². The Morgan fingerprint density at radius 1 is 1.50 bits per heavy atom. The number of hydrogen-bond acceptors (Lipinski definition) is 5. The van der Waals surface area contributed by atoms with E-state index in [4.69, 9.17) is 9.47 Å². The Bertz CT molecular complexity index is 417. The molecule has 0 aliphatic carbocycles. The number of nitrogens with zero attached hydrogens (tertiary/aromatic N) is 3. The highest BCUT2D eigenvalue weighted by molar-refractivity contribution is 5.93. The summed E-state index contributed by atoms with van der Waals surface area (Å²) < 4.78 is 12.1. The first-order chi connectivity index (χ1) is 8.77. The summed E-state index contributed by atoms with van der Waals surface area (Å²) in [6.45, 7) is 5.36. The molecule has 0 unspecified atom stereocenters. The highest BCUT2D eigenvalue weighted by Crippen LogP contribution is 2.25. The molecule has 0 amide bonds. The normalized spacial score (nSPS) is 14.4. The van der Waals surface area contributed by atoms with Crippen molar-refractivity contribution in [1.82, 2.24) is 9.55 Å². The van der Waals surface area contributed by atoms with Gasteiger partial charge in [0.2, 0.25) is 0 Å². The Morgan fingerprint density at radius 3 is 3.06 bits per heavy atom. The first-order valence-electron chi connectivity index (χ1n) is 6.24. The number of rotatable bonds is 5. The van der Waals surface area contributed by atoms with Crippen molar-refractivity contribution in [3.63, 3.8) is 0 Å². The van der Waals surface area contributed by atoms with Crippen LogP contribution in [-0.2, 0) is 16.0 Å². The number of hydrogen-bond donors (Lipinski definition) is 0. The molecule has 1 aliphatic rings. The van der Waals surface area contributed by atoms with E-state index in [2.05, 4.69) is 9.88 Å². The van der Waals surface area contributed by atoms with Gasteiger partial charge in [-0.25, -0.2) is 9.78 Å². The molecule has 1 aromatic heterocycles. The quantitative estimate of drug-likeness (QED) is 0.730. The van der Waals surface area contributed by atoms with E-state index in [1.165, 1.54) is 0 Å². The van der Waals surface area contributed by atoms with Crippen LogP contribution in [0, 0.1) is 0 Å². The molecule has 6 nitrogen and oxygen atoms in total. The molecule has 0 saturated heterocycles. The second-order valence-electron chi connectivity index (χ2n) is 4.16. The Labute approximate surface area is 106 Å². The number of fused-ring (bicyclic) bond motifs is 1. The number of aryl methyl sites for hydroxylation is 1. The first kappa shape index (κ1) is 12.9. The zero-order valence-electron chi connectivity index (χ0n) is 10.9. The Balaban J connectivity index is 2.23. The Hall–Kier alpha value is -1.56. The molecule has 2 rings (SSSR count). The van der Waals surface area contributed by atoms with Crippen molar-refractivity contribution >= 4 is 11.8 Å². The lowest BCUT2D eigenvalue weighted by atomic mass is 10.2. The van der Waals surface area contributed by atoms with Gasteiger partial charge in [0, 0.05) is 26.7 Å². The summed E-state index contributed by atoms with van der Waals surface area (Å²) >= 11 is 0. The van der Waals surface area contributed by atoms with Gasteiger partial charge in [0.1, 0.15) is 5.82 Å². The van der Waals surface area contributed by atoms with E-state index in [0.29, 0.717) is 18.9 Å². The summed E-state index contributed by atoms with van der Waals surface area (Å²) in [6.07, 6.45) is 2.76. The number of aromatic nitrogens is 2. The van der Waals surface area contributed by atoms with Crippen LogP contribution in [0.5, 0.6) is 0 Å². The summed E-state index contributed by atoms with van der Waals surface area (Å²) in [7, 11) is 1.67. The monoisotopic (exact) mass is 253 g/mol. The molecule has 0 N–H and O–H groups in total. The minimum atomic E-state index is -0.351. The van der Waals surface area contributed by atoms with Crippen LogP contribution in [0.25, 0.3) is 0 Å². The van der Waals surface area contributed by atoms with Crippen molar-refractivity contribution in [2.45, 2.75) is 19.9 Å². The van der Waals surface area contributed by atoms with Crippen LogP contribution in [-0.4, -0.2) is 48.9 Å². The van der Waals surface area contributed by atoms with E-state index in [-0.39, 0.29) is 5.97 Å². The average Bonchev–Trinajstić information content (AvgIpc) is 2.81. The average molecular weight is 253 g/mol. The Kier molecular flexibility index (Phi) is 4.19. The number of esters is 1. The fourth-order valence-corrected chi connectivity index (χ4v) is 2.17. The summed E-state index contributed by atoms with van der Waals surface area (Å²) in [4.78, 5) is 18.2. The number of carbonyl (C=O) groups is 1. The van der Waals surface area contributed by atoms with Gasteiger partial charge < -0.3 is 18.9 Å². The zero-order chi connectivity index (χ0) is 13.0. The third-order valence-corrected chi connectivity index (χ3v) is 2.97. The van der Waals surface area contributed by atoms with Crippen LogP contribution >= 0.6 is 0 Å². The van der Waals surface area contributed by atoms with Crippen LogP contribution in [0.2, 0.25) is 0 Å². The third kappa shape index (κ3) is 2.48. The van der Waals surface area contributed by atoms with E-state index in [0.717, 1.165) is 31.9 Å². The lowest BCUT2D eigenvalue weighted by Crippen LogP contribution is -2.35. The first-order valence-corrected chi connectivity index (χ1v) is 6.24. The Morgan fingerprint density at radius 2 is 2.33 bits per heavy atom. The third-order valence-electron chi connectivity index (χ3n) is 2.97. The SMILES string of the molecule is CCOC(=O)c1ncn2c1N(CCOC)CCC2. The zero-order valence-corrected chi connectivity index (χ0v) is 10.9. The van der Waals surface area contributed by atoms with Crippen LogP contribution in [0.4, 0.5) is 5.82 Å². The molecule has 1 aliphatic heterocycles. The number of methoxy groups -OCH3 is 1. The molecule has 0 atom stereocenters. The predicted octanol–water partition coefficient (Wildman–Crippen LogP) is 0.916. The van der Waals surface area contributed by atoms with Crippen molar-refractivity contribution in [3.8, 4) is 0 Å². The molecular weight excluding hydrogens is 234 g/mol. The van der Waals surface area contributed by atoms with E-state index >= 15 is 0 Å². The molecule has 6 heteroatoms. The van der Waals surface area contributed by atoms with Gasteiger partial charge in [0.25, 0.3) is 0 Å². The lowest BCUT2D eigenvalue weighted by molar-refractivity contribution is 0.0520. The molecule has 0 spiro atoms. The fourth-order valence-electron chi connectivity index (χ4n) is 2.17. The number of carbonyl (C=O) groups excluding carboxylic acids is 1. The summed E-state index contributed by atoms with van der Waals surface area (Å²) in [5.74, 6) is 0.507. The summed E-state index contributed by atoms with van der Waals surface area (Å²) in [5, 5.41) is 0. The van der Waals surface area contributed by atoms with Gasteiger partial charge in [-0.1, -0.05) is 0 Å². The van der Waals surface area contributed by atoms with Gasteiger partial charge in [0.05, 0.1) is 19.5 Å². The summed E-state index contributed by atoms with van der Waals surface area (Å²) in [6, 6.07) is 0. The smallest absolute Gasteiger partial charge is 0.360 e. The molecule has 2 heterocycles. The van der Waals surface area contributed by atoms with Gasteiger partial charge in [-0.2, -0.15) is 0 Å². The van der Waals surface area contributed by atoms with E-state index in [9.17, 15) is 4.79 Å². The molecule has 0 saturated carbocycles. The van der Waals surface area contributed by atoms with Crippen LogP contribution in [0.3, 0.4) is 0 Å². The lowest BCUT2D eigenvalue weighted by Gasteiger charge is -2.30. The standard InChI is InChI=1S/C12H19N3O3/c1-3-18-12(16)10-11-14(7-8-17-2)5-4-6-15(11)9-13-10/h9H,3-8H2,1-2H3. The van der Waals surface area contributed by atoms with Crippen molar-refractivity contribution in [2.24, 2.45) is 0 Å². The molecule has 0 radical (unpaired) electrons. The molecule has 18 heavy (non-hydrogen) atoms. The molecule has 0 fully saturated rings. The van der Waals surface area contributed by atoms with Gasteiger partial charge in [-0.15, -0.1) is 0 Å². The number of anilines is 1. The maximum atomic E-state index is 11.8. The van der Waals surface area contributed by atoms with Crippen molar-refractivity contribution in [2.75, 3.05) is 38.3 Å². The predicted molar refractivity (Wildman–Crippen MR) is 66.9 cm³/mol. The summed E-state index contributed by atoms with van der Waals surface area (Å²) in [5.41, 5.74) is 0.410. The number of imidazole rings is 1. The maximum Gasteiger partial charge on any atom is 0.360 e. The highest BCUT2D eigenvalue weighted by Gasteiger charge is 2.26. The molecule has 1 aromatic rings. The second-order valence-corrected chi connectivity index (χ2v) is 4.16. The highest BCUT2D eigenvalue weighted by atomic mass is 16.5. The van der Waals surface area contributed by atoms with E-state index < -0.39 is 0 Å². The number of ether oxygens (including phenoxy) is 2. The van der Waals surface area contributed by atoms with Crippen LogP contribution in [0.15, 0.2) is 6.33 Å². The van der Waals surface area contributed by atoms with Gasteiger partial charge >= 0.3 is 5.97 Å². The molecule has 0 bridgehead atoms. The second kappa shape index (κ2) is 5.86. The minimum absolute atomic E-state index is 0.351. The minimum Gasteiger partial charge on any atom is -0.461 e.